The fourth-order valence-corrected chi connectivity index (χ4v) is 2.24. The van der Waals surface area contributed by atoms with Crippen LogP contribution in [0.2, 0.25) is 0 Å². The van der Waals surface area contributed by atoms with Gasteiger partial charge in [0, 0.05) is 12.0 Å². The Hall–Kier alpha value is -2.18. The molecule has 0 heterocycles. The molecule has 3 nitrogen and oxygen atoms in total. The first-order valence-corrected chi connectivity index (χ1v) is 6.13. The Morgan fingerprint density at radius 3 is 2.63 bits per heavy atom. The predicted molar refractivity (Wildman–Crippen MR) is 74.6 cm³/mol. The van der Waals surface area contributed by atoms with E-state index in [1.165, 1.54) is 0 Å². The highest BCUT2D eigenvalue weighted by molar-refractivity contribution is 5.36. The molecule has 0 amide bonds. The lowest BCUT2D eigenvalue weighted by Gasteiger charge is -2.31. The predicted octanol–water partition coefficient (Wildman–Crippen LogP) is 1.90. The van der Waals surface area contributed by atoms with E-state index in [9.17, 15) is 5.11 Å². The standard InChI is InChI=1S/C16H17NO2/c1-19-15-9-7-14(8-10-15)16(18,11-12-17)13-5-3-2-4-6-13/h2-7,9-10,14,18H,8,17H2,1H3. The van der Waals surface area contributed by atoms with Crippen molar-refractivity contribution < 1.29 is 9.84 Å². The van der Waals surface area contributed by atoms with E-state index in [1.54, 1.807) is 7.11 Å². The molecule has 0 aromatic heterocycles. The molecule has 2 rings (SSSR count). The van der Waals surface area contributed by atoms with Crippen molar-refractivity contribution in [2.24, 2.45) is 11.7 Å². The van der Waals surface area contributed by atoms with Gasteiger partial charge in [0.2, 0.25) is 0 Å². The van der Waals surface area contributed by atoms with Crippen LogP contribution in [0.5, 0.6) is 0 Å². The number of allylic oxidation sites excluding steroid dienone is 2. The molecule has 1 aromatic carbocycles. The van der Waals surface area contributed by atoms with E-state index in [0.29, 0.717) is 6.42 Å². The van der Waals surface area contributed by atoms with E-state index >= 15 is 0 Å². The first-order chi connectivity index (χ1) is 9.20. The van der Waals surface area contributed by atoms with Crippen molar-refractivity contribution in [3.05, 3.63) is 59.9 Å². The number of hydrogen-bond acceptors (Lipinski definition) is 3. The van der Waals surface area contributed by atoms with Gasteiger partial charge in [-0.25, -0.2) is 0 Å². The van der Waals surface area contributed by atoms with E-state index in [4.69, 9.17) is 10.5 Å². The van der Waals surface area contributed by atoms with Crippen LogP contribution in [0.1, 0.15) is 12.0 Å². The lowest BCUT2D eigenvalue weighted by molar-refractivity contribution is 0.0545. The summed E-state index contributed by atoms with van der Waals surface area (Å²) in [5, 5.41) is 10.9. The lowest BCUT2D eigenvalue weighted by Crippen LogP contribution is -2.33. The van der Waals surface area contributed by atoms with Crippen LogP contribution in [0, 0.1) is 17.9 Å². The summed E-state index contributed by atoms with van der Waals surface area (Å²) in [4.78, 5) is 0. The van der Waals surface area contributed by atoms with Crippen molar-refractivity contribution in [3.63, 3.8) is 0 Å². The highest BCUT2D eigenvalue weighted by Gasteiger charge is 2.35. The van der Waals surface area contributed by atoms with E-state index < -0.39 is 5.60 Å². The van der Waals surface area contributed by atoms with E-state index in [2.05, 4.69) is 12.0 Å². The van der Waals surface area contributed by atoms with Crippen LogP contribution in [-0.4, -0.2) is 12.2 Å². The Balaban J connectivity index is 2.34. The molecule has 0 bridgehead atoms. The average molecular weight is 255 g/mol. The maximum absolute atomic E-state index is 10.9. The van der Waals surface area contributed by atoms with Gasteiger partial charge in [-0.05, 0) is 30.1 Å². The molecule has 1 aliphatic rings. The Labute approximate surface area is 113 Å². The molecule has 1 aliphatic carbocycles. The van der Waals surface area contributed by atoms with E-state index in [1.807, 2.05) is 48.6 Å². The third-order valence-electron chi connectivity index (χ3n) is 3.31. The quantitative estimate of drug-likeness (QED) is 0.640. The minimum atomic E-state index is -1.28. The molecular weight excluding hydrogens is 238 g/mol. The number of rotatable bonds is 3. The molecule has 1 aromatic rings. The summed E-state index contributed by atoms with van der Waals surface area (Å²) >= 11 is 0. The van der Waals surface area contributed by atoms with Gasteiger partial charge < -0.3 is 15.6 Å². The van der Waals surface area contributed by atoms with Crippen molar-refractivity contribution in [3.8, 4) is 12.0 Å². The first kappa shape index (κ1) is 13.3. The molecule has 2 unspecified atom stereocenters. The Morgan fingerprint density at radius 2 is 2.11 bits per heavy atom. The van der Waals surface area contributed by atoms with Crippen molar-refractivity contribution in [2.45, 2.75) is 12.0 Å². The molecule has 0 saturated carbocycles. The van der Waals surface area contributed by atoms with Crippen molar-refractivity contribution in [1.82, 2.24) is 0 Å². The molecular formula is C16H17NO2. The Kier molecular flexibility index (Phi) is 3.94. The second kappa shape index (κ2) is 5.64. The van der Waals surface area contributed by atoms with Crippen LogP contribution in [0.4, 0.5) is 0 Å². The van der Waals surface area contributed by atoms with Crippen LogP contribution < -0.4 is 5.73 Å². The summed E-state index contributed by atoms with van der Waals surface area (Å²) in [5.41, 5.74) is 4.80. The van der Waals surface area contributed by atoms with Gasteiger partial charge in [-0.2, -0.15) is 0 Å². The smallest absolute Gasteiger partial charge is 0.159 e. The molecule has 19 heavy (non-hydrogen) atoms. The highest BCUT2D eigenvalue weighted by atomic mass is 16.5. The first-order valence-electron chi connectivity index (χ1n) is 6.13. The molecule has 0 spiro atoms. The zero-order valence-corrected chi connectivity index (χ0v) is 10.8. The molecule has 0 aliphatic heterocycles. The molecule has 0 radical (unpaired) electrons. The number of ether oxygens (including phenoxy) is 1. The lowest BCUT2D eigenvalue weighted by atomic mass is 9.78. The Morgan fingerprint density at radius 1 is 1.37 bits per heavy atom. The average Bonchev–Trinajstić information content (AvgIpc) is 2.48. The van der Waals surface area contributed by atoms with E-state index in [0.717, 1.165) is 11.3 Å². The zero-order chi connectivity index (χ0) is 13.7. The summed E-state index contributed by atoms with van der Waals surface area (Å²) in [6, 6.07) is 11.7. The van der Waals surface area contributed by atoms with Crippen LogP contribution in [0.25, 0.3) is 0 Å². The van der Waals surface area contributed by atoms with Gasteiger partial charge >= 0.3 is 0 Å². The van der Waals surface area contributed by atoms with Crippen LogP contribution >= 0.6 is 0 Å². The fourth-order valence-electron chi connectivity index (χ4n) is 2.24. The van der Waals surface area contributed by atoms with Gasteiger partial charge in [0.15, 0.2) is 5.60 Å². The topological polar surface area (TPSA) is 55.5 Å². The van der Waals surface area contributed by atoms with Crippen molar-refractivity contribution in [1.29, 1.82) is 0 Å². The van der Waals surface area contributed by atoms with Gasteiger partial charge in [-0.15, -0.1) is 0 Å². The van der Waals surface area contributed by atoms with Gasteiger partial charge in [0.05, 0.1) is 7.11 Å². The summed E-state index contributed by atoms with van der Waals surface area (Å²) in [6.45, 7) is 0. The molecule has 0 saturated heterocycles. The van der Waals surface area contributed by atoms with Gasteiger partial charge in [-0.1, -0.05) is 36.4 Å². The molecule has 2 atom stereocenters. The fraction of sp³-hybridized carbons (Fsp3) is 0.250. The zero-order valence-electron chi connectivity index (χ0n) is 10.8. The second-order valence-electron chi connectivity index (χ2n) is 4.41. The SMILES string of the molecule is COC1=CCC(C(O)(C#CN)c2ccccc2)C=C1. The highest BCUT2D eigenvalue weighted by Crippen LogP contribution is 2.35. The number of aliphatic hydroxyl groups is 1. The maximum atomic E-state index is 10.9. The summed E-state index contributed by atoms with van der Waals surface area (Å²) in [7, 11) is 1.62. The van der Waals surface area contributed by atoms with Crippen LogP contribution in [0.15, 0.2) is 54.3 Å². The van der Waals surface area contributed by atoms with Crippen LogP contribution in [0.3, 0.4) is 0 Å². The maximum Gasteiger partial charge on any atom is 0.159 e. The summed E-state index contributed by atoms with van der Waals surface area (Å²) in [5.74, 6) is 3.39. The third-order valence-corrected chi connectivity index (χ3v) is 3.31. The number of nitrogens with two attached hydrogens (primary N) is 1. The number of benzene rings is 1. The second-order valence-corrected chi connectivity index (χ2v) is 4.41. The van der Waals surface area contributed by atoms with E-state index in [-0.39, 0.29) is 5.92 Å². The molecule has 0 fully saturated rings. The molecule has 3 N–H and O–H groups in total. The van der Waals surface area contributed by atoms with Gasteiger partial charge in [-0.3, -0.25) is 0 Å². The summed E-state index contributed by atoms with van der Waals surface area (Å²) in [6.07, 6.45) is 6.35. The van der Waals surface area contributed by atoms with Crippen molar-refractivity contribution >= 4 is 0 Å². The van der Waals surface area contributed by atoms with Gasteiger partial charge in [0.25, 0.3) is 0 Å². The Bertz CT molecular complexity index is 551. The number of methoxy groups -OCH3 is 1. The largest absolute Gasteiger partial charge is 0.497 e. The molecule has 98 valence electrons. The third kappa shape index (κ3) is 2.64. The van der Waals surface area contributed by atoms with Gasteiger partial charge in [0.1, 0.15) is 5.76 Å². The van der Waals surface area contributed by atoms with Crippen LogP contribution in [-0.2, 0) is 10.3 Å². The normalized spacial score (nSPS) is 20.7. The minimum Gasteiger partial charge on any atom is -0.497 e. The molecule has 3 heteroatoms. The summed E-state index contributed by atoms with van der Waals surface area (Å²) < 4.78 is 5.15. The number of hydrogen-bond donors (Lipinski definition) is 2. The van der Waals surface area contributed by atoms with Crippen molar-refractivity contribution in [2.75, 3.05) is 7.11 Å². The monoisotopic (exact) mass is 255 g/mol. The minimum absolute atomic E-state index is 0.148.